The maximum Gasteiger partial charge on any atom is 0.0159 e. The predicted octanol–water partition coefficient (Wildman–Crippen LogP) is 14.2. The van der Waals surface area contributed by atoms with Gasteiger partial charge in [-0.25, -0.2) is 0 Å². The number of hydrogen-bond acceptors (Lipinski definition) is 0. The number of benzene rings is 9. The molecule has 0 fully saturated rings. The molecule has 0 bridgehead atoms. The molecular formula is C52H38. The molecule has 9 aromatic rings. The van der Waals surface area contributed by atoms with Gasteiger partial charge in [-0.05, 0) is 146 Å². The van der Waals surface area contributed by atoms with Crippen molar-refractivity contribution in [1.29, 1.82) is 0 Å². The molecule has 0 saturated heterocycles. The van der Waals surface area contributed by atoms with E-state index in [9.17, 15) is 0 Å². The second kappa shape index (κ2) is 10.3. The molecule has 0 spiro atoms. The van der Waals surface area contributed by atoms with E-state index in [0.29, 0.717) is 0 Å². The largest absolute Gasteiger partial charge is 0.0619 e. The highest BCUT2D eigenvalue weighted by Gasteiger charge is 2.36. The second-order valence-electron chi connectivity index (χ2n) is 16.2. The summed E-state index contributed by atoms with van der Waals surface area (Å²) in [7, 11) is 0. The summed E-state index contributed by atoms with van der Waals surface area (Å²) < 4.78 is 0. The SMILES string of the molecule is CC1(C)c2ccccc2-c2ccc(-c3ccc4cc(-c5ccc6ccc7c8cc9c(cc8ccc7c6c5)C(C)(C)c5ccccc5-9)ccc4c3)cc21. The normalized spacial score (nSPS) is 14.8. The molecule has 0 aliphatic heterocycles. The van der Waals surface area contributed by atoms with Gasteiger partial charge in [-0.3, -0.25) is 0 Å². The molecule has 0 radical (unpaired) electrons. The van der Waals surface area contributed by atoms with Crippen LogP contribution in [0.5, 0.6) is 0 Å². The van der Waals surface area contributed by atoms with Gasteiger partial charge < -0.3 is 0 Å². The van der Waals surface area contributed by atoms with Crippen LogP contribution in [-0.4, -0.2) is 0 Å². The average molecular weight is 663 g/mol. The van der Waals surface area contributed by atoms with E-state index >= 15 is 0 Å². The van der Waals surface area contributed by atoms with E-state index in [1.165, 1.54) is 110 Å². The first-order valence-corrected chi connectivity index (χ1v) is 18.6. The lowest BCUT2D eigenvalue weighted by atomic mass is 9.81. The first kappa shape index (κ1) is 29.7. The van der Waals surface area contributed by atoms with Gasteiger partial charge in [-0.1, -0.05) is 149 Å². The Balaban J connectivity index is 0.983. The van der Waals surface area contributed by atoms with Crippen LogP contribution in [0.15, 0.2) is 158 Å². The highest BCUT2D eigenvalue weighted by molar-refractivity contribution is 6.19. The van der Waals surface area contributed by atoms with E-state index in [-0.39, 0.29) is 10.8 Å². The first-order valence-electron chi connectivity index (χ1n) is 18.6. The van der Waals surface area contributed by atoms with E-state index in [0.717, 1.165) is 0 Å². The Morgan fingerprint density at radius 3 is 1.37 bits per heavy atom. The Morgan fingerprint density at radius 1 is 0.269 bits per heavy atom. The van der Waals surface area contributed by atoms with Crippen molar-refractivity contribution in [3.63, 3.8) is 0 Å². The molecule has 0 unspecified atom stereocenters. The number of rotatable bonds is 2. The third kappa shape index (κ3) is 4.04. The van der Waals surface area contributed by atoms with Gasteiger partial charge in [0.25, 0.3) is 0 Å². The van der Waals surface area contributed by atoms with Crippen molar-refractivity contribution in [3.8, 4) is 44.5 Å². The van der Waals surface area contributed by atoms with Crippen LogP contribution in [0.2, 0.25) is 0 Å². The first-order chi connectivity index (χ1) is 25.3. The fourth-order valence-corrected chi connectivity index (χ4v) is 9.73. The lowest BCUT2D eigenvalue weighted by molar-refractivity contribution is 0.660. The van der Waals surface area contributed by atoms with Gasteiger partial charge in [0, 0.05) is 10.8 Å². The standard InChI is InChI=1S/C52H38/c1-51(2)47-11-7-5-9-41(47)43-24-20-37(28-49(43)51)35-18-16-32-25-34(17-15-33(32)26-35)36-14-13-31-19-22-40-39(44(31)27-36)23-21-38-29-50-46(30-45(38)40)42-10-6-8-12-48(42)52(50,3)4/h5-30H,1-4H3. The zero-order valence-corrected chi connectivity index (χ0v) is 30.0. The Bertz CT molecular complexity index is 3010. The molecule has 0 N–H and O–H groups in total. The fraction of sp³-hybridized carbons (Fsp3) is 0.115. The van der Waals surface area contributed by atoms with Crippen LogP contribution >= 0.6 is 0 Å². The summed E-state index contributed by atoms with van der Waals surface area (Å²) in [6.45, 7) is 9.43. The highest BCUT2D eigenvalue weighted by atomic mass is 14.4. The smallest absolute Gasteiger partial charge is 0.0159 e. The molecule has 2 aliphatic rings. The molecule has 0 aromatic heterocycles. The Labute approximate surface area is 305 Å². The highest BCUT2D eigenvalue weighted by Crippen LogP contribution is 2.51. The minimum Gasteiger partial charge on any atom is -0.0619 e. The van der Waals surface area contributed by atoms with Crippen LogP contribution in [-0.2, 0) is 10.8 Å². The van der Waals surface area contributed by atoms with Gasteiger partial charge in [0.1, 0.15) is 0 Å². The van der Waals surface area contributed by atoms with Gasteiger partial charge in [0.2, 0.25) is 0 Å². The molecule has 2 aliphatic carbocycles. The maximum absolute atomic E-state index is 2.45. The quantitative estimate of drug-likeness (QED) is 0.162. The average Bonchev–Trinajstić information content (AvgIpc) is 3.55. The van der Waals surface area contributed by atoms with Crippen LogP contribution in [0.4, 0.5) is 0 Å². The zero-order chi connectivity index (χ0) is 34.9. The van der Waals surface area contributed by atoms with Gasteiger partial charge in [-0.2, -0.15) is 0 Å². The van der Waals surface area contributed by atoms with Crippen LogP contribution in [0.1, 0.15) is 49.9 Å². The van der Waals surface area contributed by atoms with Gasteiger partial charge in [-0.15, -0.1) is 0 Å². The molecule has 11 rings (SSSR count). The third-order valence-electron chi connectivity index (χ3n) is 12.6. The topological polar surface area (TPSA) is 0 Å². The Kier molecular flexibility index (Phi) is 5.89. The minimum atomic E-state index is -0.00455. The van der Waals surface area contributed by atoms with Crippen LogP contribution in [0.3, 0.4) is 0 Å². The van der Waals surface area contributed by atoms with E-state index in [4.69, 9.17) is 0 Å². The van der Waals surface area contributed by atoms with Crippen molar-refractivity contribution in [1.82, 2.24) is 0 Å². The van der Waals surface area contributed by atoms with Gasteiger partial charge in [0.15, 0.2) is 0 Å². The van der Waals surface area contributed by atoms with Crippen molar-refractivity contribution in [2.45, 2.75) is 38.5 Å². The lowest BCUT2D eigenvalue weighted by Gasteiger charge is -2.22. The van der Waals surface area contributed by atoms with E-state index < -0.39 is 0 Å². The molecule has 0 heterocycles. The van der Waals surface area contributed by atoms with Crippen LogP contribution < -0.4 is 0 Å². The van der Waals surface area contributed by atoms with Crippen molar-refractivity contribution in [2.24, 2.45) is 0 Å². The summed E-state index contributed by atoms with van der Waals surface area (Å²) in [5, 5.41) is 10.4. The Morgan fingerprint density at radius 2 is 0.712 bits per heavy atom. The van der Waals surface area contributed by atoms with E-state index in [1.54, 1.807) is 0 Å². The lowest BCUT2D eigenvalue weighted by Crippen LogP contribution is -2.14. The molecule has 52 heavy (non-hydrogen) atoms. The second-order valence-corrected chi connectivity index (χ2v) is 16.2. The molecule has 246 valence electrons. The molecule has 0 saturated carbocycles. The van der Waals surface area contributed by atoms with E-state index in [1.807, 2.05) is 0 Å². The molecule has 9 aromatic carbocycles. The van der Waals surface area contributed by atoms with Gasteiger partial charge >= 0.3 is 0 Å². The Hall–Kier alpha value is -5.98. The molecular weight excluding hydrogens is 625 g/mol. The predicted molar refractivity (Wildman–Crippen MR) is 222 cm³/mol. The van der Waals surface area contributed by atoms with Crippen LogP contribution in [0, 0.1) is 0 Å². The summed E-state index contributed by atoms with van der Waals surface area (Å²) >= 11 is 0. The zero-order valence-electron chi connectivity index (χ0n) is 30.0. The summed E-state index contributed by atoms with van der Waals surface area (Å²) in [6.07, 6.45) is 0. The number of fused-ring (bicyclic) bond motifs is 12. The minimum absolute atomic E-state index is 0.000779. The molecule has 0 atom stereocenters. The van der Waals surface area contributed by atoms with E-state index in [2.05, 4.69) is 185 Å². The molecule has 0 nitrogen and oxygen atoms in total. The summed E-state index contributed by atoms with van der Waals surface area (Å²) in [5.74, 6) is 0. The molecule has 0 amide bonds. The van der Waals surface area contributed by atoms with Crippen molar-refractivity contribution in [3.05, 3.63) is 180 Å². The monoisotopic (exact) mass is 662 g/mol. The third-order valence-corrected chi connectivity index (χ3v) is 12.6. The van der Waals surface area contributed by atoms with Crippen molar-refractivity contribution >= 4 is 43.1 Å². The summed E-state index contributed by atoms with van der Waals surface area (Å²) in [4.78, 5) is 0. The summed E-state index contributed by atoms with van der Waals surface area (Å²) in [6, 6.07) is 59.9. The number of hydrogen-bond donors (Lipinski definition) is 0. The fourth-order valence-electron chi connectivity index (χ4n) is 9.73. The maximum atomic E-state index is 2.45. The van der Waals surface area contributed by atoms with Crippen molar-refractivity contribution in [2.75, 3.05) is 0 Å². The van der Waals surface area contributed by atoms with Crippen molar-refractivity contribution < 1.29 is 0 Å². The summed E-state index contributed by atoms with van der Waals surface area (Å²) in [5.41, 5.74) is 16.2. The van der Waals surface area contributed by atoms with Crippen LogP contribution in [0.25, 0.3) is 87.6 Å². The molecule has 0 heteroatoms. The van der Waals surface area contributed by atoms with Gasteiger partial charge in [0.05, 0.1) is 0 Å².